The number of rotatable bonds is 2. The molecule has 2 aromatic rings. The number of hydrogen-bond acceptors (Lipinski definition) is 2. The molecular weight excluding hydrogens is 262 g/mol. The fourth-order valence-corrected chi connectivity index (χ4v) is 2.52. The Morgan fingerprint density at radius 1 is 1.05 bits per heavy atom. The first-order valence-corrected chi connectivity index (χ1v) is 6.38. The van der Waals surface area contributed by atoms with Gasteiger partial charge in [0, 0.05) is 5.56 Å². The van der Waals surface area contributed by atoms with Crippen molar-refractivity contribution in [2.75, 3.05) is 6.61 Å². The van der Waals surface area contributed by atoms with Gasteiger partial charge < -0.3 is 4.74 Å². The Morgan fingerprint density at radius 3 is 2.50 bits per heavy atom. The highest BCUT2D eigenvalue weighted by atomic mass is 19.1. The van der Waals surface area contributed by atoms with Crippen LogP contribution >= 0.6 is 0 Å². The van der Waals surface area contributed by atoms with Crippen LogP contribution in [0.1, 0.15) is 28.3 Å². The Bertz CT molecular complexity index is 647. The fraction of sp³-hybridized carbons (Fsp3) is 0.188. The summed E-state index contributed by atoms with van der Waals surface area (Å²) in [6, 6.07) is 10.5. The normalized spacial score (nSPS) is 17.2. The van der Waals surface area contributed by atoms with Gasteiger partial charge >= 0.3 is 0 Å². The van der Waals surface area contributed by atoms with Gasteiger partial charge in [0.25, 0.3) is 0 Å². The van der Waals surface area contributed by atoms with E-state index in [1.165, 1.54) is 6.07 Å². The van der Waals surface area contributed by atoms with Crippen LogP contribution in [-0.4, -0.2) is 12.4 Å². The Balaban J connectivity index is 2.05. The van der Waals surface area contributed by atoms with Gasteiger partial charge in [0.05, 0.1) is 18.1 Å². The van der Waals surface area contributed by atoms with Crippen molar-refractivity contribution in [3.05, 3.63) is 65.2 Å². The molecule has 0 N–H and O–H groups in total. The molecule has 1 heterocycles. The first-order chi connectivity index (χ1) is 9.68. The fourth-order valence-electron chi connectivity index (χ4n) is 2.52. The highest BCUT2D eigenvalue weighted by Gasteiger charge is 2.31. The summed E-state index contributed by atoms with van der Waals surface area (Å²) in [5.74, 6) is -2.13. The minimum atomic E-state index is -0.820. The summed E-state index contributed by atoms with van der Waals surface area (Å²) in [5.41, 5.74) is 0.223. The first kappa shape index (κ1) is 12.8. The molecular formula is C16H12F2O2. The SMILES string of the molecule is O=C(c1c(F)cccc1F)C1CCOc2ccccc21. The largest absolute Gasteiger partial charge is 0.493 e. The van der Waals surface area contributed by atoms with Crippen LogP contribution in [0.25, 0.3) is 0 Å². The number of fused-ring (bicyclic) bond motifs is 1. The van der Waals surface area contributed by atoms with Crippen LogP contribution in [0, 0.1) is 11.6 Å². The third-order valence-corrected chi connectivity index (χ3v) is 3.48. The Labute approximate surface area is 115 Å². The molecule has 0 aliphatic carbocycles. The van der Waals surface area contributed by atoms with E-state index >= 15 is 0 Å². The van der Waals surface area contributed by atoms with Gasteiger partial charge in [-0.15, -0.1) is 0 Å². The first-order valence-electron chi connectivity index (χ1n) is 6.38. The van der Waals surface area contributed by atoms with E-state index in [1.54, 1.807) is 24.3 Å². The second kappa shape index (κ2) is 5.04. The minimum absolute atomic E-state index is 0.365. The van der Waals surface area contributed by atoms with Crippen molar-refractivity contribution in [1.82, 2.24) is 0 Å². The third-order valence-electron chi connectivity index (χ3n) is 3.48. The van der Waals surface area contributed by atoms with Crippen molar-refractivity contribution in [3.63, 3.8) is 0 Å². The summed E-state index contributed by atoms with van der Waals surface area (Å²) in [4.78, 5) is 12.5. The lowest BCUT2D eigenvalue weighted by Crippen LogP contribution is -2.23. The van der Waals surface area contributed by atoms with Gasteiger partial charge in [-0.3, -0.25) is 4.79 Å². The van der Waals surface area contributed by atoms with E-state index in [1.807, 2.05) is 0 Å². The number of ether oxygens (including phenoxy) is 1. The molecule has 102 valence electrons. The molecule has 0 radical (unpaired) electrons. The maximum atomic E-state index is 13.7. The minimum Gasteiger partial charge on any atom is -0.493 e. The van der Waals surface area contributed by atoms with E-state index in [0.717, 1.165) is 12.1 Å². The van der Waals surface area contributed by atoms with Gasteiger partial charge in [0.15, 0.2) is 5.78 Å². The van der Waals surface area contributed by atoms with Crippen LogP contribution in [0.3, 0.4) is 0 Å². The molecule has 0 fully saturated rings. The van der Waals surface area contributed by atoms with Crippen LogP contribution in [0.5, 0.6) is 5.75 Å². The van der Waals surface area contributed by atoms with E-state index in [4.69, 9.17) is 4.74 Å². The van der Waals surface area contributed by atoms with Crippen LogP contribution in [0.15, 0.2) is 42.5 Å². The van der Waals surface area contributed by atoms with Crippen molar-refractivity contribution in [1.29, 1.82) is 0 Å². The predicted molar refractivity (Wildman–Crippen MR) is 70.0 cm³/mol. The summed E-state index contributed by atoms with van der Waals surface area (Å²) in [7, 11) is 0. The molecule has 1 unspecified atom stereocenters. The van der Waals surface area contributed by atoms with Gasteiger partial charge in [-0.25, -0.2) is 8.78 Å². The van der Waals surface area contributed by atoms with Crippen molar-refractivity contribution >= 4 is 5.78 Å². The lowest BCUT2D eigenvalue weighted by atomic mass is 9.86. The number of carbonyl (C=O) groups is 1. The van der Waals surface area contributed by atoms with Crippen molar-refractivity contribution in [2.24, 2.45) is 0 Å². The molecule has 0 saturated carbocycles. The van der Waals surface area contributed by atoms with E-state index < -0.39 is 28.9 Å². The highest BCUT2D eigenvalue weighted by Crippen LogP contribution is 2.36. The van der Waals surface area contributed by atoms with E-state index in [9.17, 15) is 13.6 Å². The molecule has 3 rings (SSSR count). The van der Waals surface area contributed by atoms with E-state index in [0.29, 0.717) is 24.3 Å². The monoisotopic (exact) mass is 274 g/mol. The molecule has 1 atom stereocenters. The molecule has 0 bridgehead atoms. The molecule has 2 nitrogen and oxygen atoms in total. The second-order valence-electron chi connectivity index (χ2n) is 4.69. The van der Waals surface area contributed by atoms with Crippen molar-refractivity contribution < 1.29 is 18.3 Å². The van der Waals surface area contributed by atoms with Crippen LogP contribution in [0.4, 0.5) is 8.78 Å². The Morgan fingerprint density at radius 2 is 1.75 bits per heavy atom. The maximum absolute atomic E-state index is 13.7. The highest BCUT2D eigenvalue weighted by molar-refractivity contribution is 6.01. The van der Waals surface area contributed by atoms with Gasteiger partial charge in [0.2, 0.25) is 0 Å². The van der Waals surface area contributed by atoms with Crippen LogP contribution < -0.4 is 4.74 Å². The smallest absolute Gasteiger partial charge is 0.176 e. The number of ketones is 1. The number of halogens is 2. The molecule has 1 aliphatic rings. The van der Waals surface area contributed by atoms with Gasteiger partial charge in [0.1, 0.15) is 17.4 Å². The van der Waals surface area contributed by atoms with E-state index in [-0.39, 0.29) is 0 Å². The maximum Gasteiger partial charge on any atom is 0.176 e. The zero-order valence-electron chi connectivity index (χ0n) is 10.6. The summed E-state index contributed by atoms with van der Waals surface area (Å²) < 4.78 is 32.9. The van der Waals surface area contributed by atoms with Crippen molar-refractivity contribution in [2.45, 2.75) is 12.3 Å². The summed E-state index contributed by atoms with van der Waals surface area (Å²) >= 11 is 0. The zero-order chi connectivity index (χ0) is 14.1. The molecule has 0 saturated heterocycles. The third kappa shape index (κ3) is 2.07. The van der Waals surface area contributed by atoms with Gasteiger partial charge in [-0.05, 0) is 24.6 Å². The van der Waals surface area contributed by atoms with Gasteiger partial charge in [-0.2, -0.15) is 0 Å². The lowest BCUT2D eigenvalue weighted by molar-refractivity contribution is 0.0924. The molecule has 0 aromatic heterocycles. The molecule has 4 heteroatoms. The summed E-state index contributed by atoms with van der Waals surface area (Å²) in [5, 5.41) is 0. The van der Waals surface area contributed by atoms with E-state index in [2.05, 4.69) is 0 Å². The topological polar surface area (TPSA) is 26.3 Å². The number of Topliss-reactive ketones (excluding diaryl/α,β-unsaturated/α-hetero) is 1. The number of carbonyl (C=O) groups excluding carboxylic acids is 1. The van der Waals surface area contributed by atoms with Gasteiger partial charge in [-0.1, -0.05) is 24.3 Å². The van der Waals surface area contributed by atoms with Crippen LogP contribution in [-0.2, 0) is 0 Å². The summed E-state index contributed by atoms with van der Waals surface area (Å²) in [6.07, 6.45) is 0.420. The average molecular weight is 274 g/mol. The Kier molecular flexibility index (Phi) is 3.22. The lowest BCUT2D eigenvalue weighted by Gasteiger charge is -2.25. The standard InChI is InChI=1S/C16H12F2O2/c17-12-5-3-6-13(18)15(12)16(19)11-8-9-20-14-7-2-1-4-10(11)14/h1-7,11H,8-9H2. The molecule has 20 heavy (non-hydrogen) atoms. The second-order valence-corrected chi connectivity index (χ2v) is 4.69. The average Bonchev–Trinajstić information content (AvgIpc) is 2.46. The number of benzene rings is 2. The number of para-hydroxylation sites is 1. The molecule has 0 spiro atoms. The summed E-state index contributed by atoms with van der Waals surface area (Å²) in [6.45, 7) is 0.365. The number of hydrogen-bond donors (Lipinski definition) is 0. The molecule has 1 aliphatic heterocycles. The zero-order valence-corrected chi connectivity index (χ0v) is 10.6. The van der Waals surface area contributed by atoms with Crippen LogP contribution in [0.2, 0.25) is 0 Å². The Hall–Kier alpha value is -2.23. The molecule has 2 aromatic carbocycles. The molecule has 0 amide bonds. The van der Waals surface area contributed by atoms with Crippen molar-refractivity contribution in [3.8, 4) is 5.75 Å². The quantitative estimate of drug-likeness (QED) is 0.780. The predicted octanol–water partition coefficient (Wildman–Crippen LogP) is 3.71.